The van der Waals surface area contributed by atoms with E-state index in [1.54, 1.807) is 0 Å². The molecular weight excluding hydrogens is 358 g/mol. The summed E-state index contributed by atoms with van der Waals surface area (Å²) in [6, 6.07) is 8.42. The lowest BCUT2D eigenvalue weighted by Gasteiger charge is -2.27. The molecule has 0 aliphatic carbocycles. The number of anilines is 2. The number of carboxylic acids is 1. The third-order valence-corrected chi connectivity index (χ3v) is 4.91. The van der Waals surface area contributed by atoms with Gasteiger partial charge in [0.05, 0.1) is 27.5 Å². The van der Waals surface area contributed by atoms with Crippen molar-refractivity contribution in [2.45, 2.75) is 4.90 Å². The maximum Gasteiger partial charge on any atom is 0.339 e. The molecule has 0 radical (unpaired) electrons. The summed E-state index contributed by atoms with van der Waals surface area (Å²) in [6.45, 7) is 0. The van der Waals surface area contributed by atoms with Crippen LogP contribution in [0, 0.1) is 0 Å². The van der Waals surface area contributed by atoms with Crippen molar-refractivity contribution in [1.82, 2.24) is 0 Å². The van der Waals surface area contributed by atoms with Crippen LogP contribution in [0.25, 0.3) is 0 Å². The second-order valence-electron chi connectivity index (χ2n) is 4.79. The lowest BCUT2D eigenvalue weighted by Crippen LogP contribution is -2.20. The van der Waals surface area contributed by atoms with Gasteiger partial charge in [-0.3, -0.25) is 8.51 Å². The Morgan fingerprint density at radius 1 is 1.17 bits per heavy atom. The first kappa shape index (κ1) is 17.9. The number of carboxylic acid groups (broad SMARTS) is 1. The van der Waals surface area contributed by atoms with Crippen LogP contribution in [-0.4, -0.2) is 39.6 Å². The standard InChI is InChI=1S/C14H13NO7S2/c1-24(21,22)11-4-2-3-9(7-11)15(23(19)20)10-5-6-12(14(17)18)13(16)8-10/h2-8,16H,1H3,(H,17,18)(H,19,20)/p-1. The Bertz CT molecular complexity index is 924. The molecule has 0 aliphatic rings. The van der Waals surface area contributed by atoms with E-state index in [4.69, 9.17) is 5.11 Å². The monoisotopic (exact) mass is 370 g/mol. The molecule has 0 saturated heterocycles. The van der Waals surface area contributed by atoms with E-state index >= 15 is 0 Å². The summed E-state index contributed by atoms with van der Waals surface area (Å²) in [5.41, 5.74) is -0.412. The summed E-state index contributed by atoms with van der Waals surface area (Å²) in [4.78, 5) is 10.8. The number of aromatic hydroxyl groups is 1. The summed E-state index contributed by atoms with van der Waals surface area (Å²) in [5, 5.41) is 18.6. The van der Waals surface area contributed by atoms with Crippen LogP contribution in [0.2, 0.25) is 0 Å². The van der Waals surface area contributed by atoms with E-state index in [9.17, 15) is 27.1 Å². The molecule has 1 unspecified atom stereocenters. The highest BCUT2D eigenvalue weighted by Gasteiger charge is 2.17. The average Bonchev–Trinajstić information content (AvgIpc) is 2.46. The number of hydrogen-bond acceptors (Lipinski definition) is 6. The highest BCUT2D eigenvalue weighted by molar-refractivity contribution is 7.90. The van der Waals surface area contributed by atoms with Crippen LogP contribution in [0.15, 0.2) is 47.4 Å². The maximum absolute atomic E-state index is 11.6. The maximum atomic E-state index is 11.6. The predicted molar refractivity (Wildman–Crippen MR) is 85.7 cm³/mol. The second-order valence-corrected chi connectivity index (χ2v) is 7.60. The van der Waals surface area contributed by atoms with Crippen LogP contribution in [0.5, 0.6) is 5.75 Å². The summed E-state index contributed by atoms with van der Waals surface area (Å²) in [6.07, 6.45) is 0.984. The summed E-state index contributed by atoms with van der Waals surface area (Å²) in [7, 11) is -3.55. The molecule has 0 spiro atoms. The van der Waals surface area contributed by atoms with Gasteiger partial charge in [-0.1, -0.05) is 6.07 Å². The summed E-state index contributed by atoms with van der Waals surface area (Å²) >= 11 is -2.84. The van der Waals surface area contributed by atoms with Crippen molar-refractivity contribution in [2.24, 2.45) is 0 Å². The Morgan fingerprint density at radius 3 is 2.29 bits per heavy atom. The zero-order chi connectivity index (χ0) is 18.1. The molecule has 10 heteroatoms. The van der Waals surface area contributed by atoms with E-state index in [-0.39, 0.29) is 21.8 Å². The number of nitrogens with zero attached hydrogens (tertiary/aromatic N) is 1. The van der Waals surface area contributed by atoms with Gasteiger partial charge in [-0.2, -0.15) is 0 Å². The molecule has 1 atom stereocenters. The second kappa shape index (κ2) is 6.59. The number of benzene rings is 2. The molecule has 128 valence electrons. The van der Waals surface area contributed by atoms with Gasteiger partial charge >= 0.3 is 5.97 Å². The van der Waals surface area contributed by atoms with E-state index in [2.05, 4.69) is 0 Å². The van der Waals surface area contributed by atoms with Crippen molar-refractivity contribution in [1.29, 1.82) is 0 Å². The van der Waals surface area contributed by atoms with Gasteiger partial charge in [-0.15, -0.1) is 0 Å². The van der Waals surface area contributed by atoms with E-state index in [1.807, 2.05) is 0 Å². The van der Waals surface area contributed by atoms with Crippen LogP contribution in [0.1, 0.15) is 10.4 Å². The molecule has 8 nitrogen and oxygen atoms in total. The average molecular weight is 370 g/mol. The minimum atomic E-state index is -3.55. The van der Waals surface area contributed by atoms with Gasteiger partial charge in [0.25, 0.3) is 0 Å². The largest absolute Gasteiger partial charge is 0.755 e. The van der Waals surface area contributed by atoms with Gasteiger partial charge in [-0.25, -0.2) is 13.2 Å². The third kappa shape index (κ3) is 3.72. The first-order chi connectivity index (χ1) is 11.1. The zero-order valence-electron chi connectivity index (χ0n) is 12.2. The number of phenols is 1. The quantitative estimate of drug-likeness (QED) is 0.760. The first-order valence-electron chi connectivity index (χ1n) is 6.37. The fraction of sp³-hybridized carbons (Fsp3) is 0.0714. The molecule has 0 fully saturated rings. The zero-order valence-corrected chi connectivity index (χ0v) is 13.9. The van der Waals surface area contributed by atoms with Crippen molar-refractivity contribution < 1.29 is 32.2 Å². The SMILES string of the molecule is CS(=O)(=O)c1cccc(N(c2ccc(C(=O)O)c(O)c2)S(=O)[O-])c1. The number of carbonyl (C=O) groups is 1. The van der Waals surface area contributed by atoms with Crippen LogP contribution in [-0.2, 0) is 21.1 Å². The van der Waals surface area contributed by atoms with Crippen LogP contribution >= 0.6 is 0 Å². The van der Waals surface area contributed by atoms with Crippen molar-refractivity contribution >= 4 is 38.4 Å². The van der Waals surface area contributed by atoms with Crippen molar-refractivity contribution in [3.63, 3.8) is 0 Å². The highest BCUT2D eigenvalue weighted by atomic mass is 32.2. The molecule has 0 aliphatic heterocycles. The van der Waals surface area contributed by atoms with Gasteiger partial charge in [0.1, 0.15) is 11.3 Å². The predicted octanol–water partition coefficient (Wildman–Crippen LogP) is 1.43. The molecule has 0 heterocycles. The Hall–Kier alpha value is -2.43. The number of aromatic carboxylic acids is 1. The van der Waals surface area contributed by atoms with Gasteiger partial charge in [0.15, 0.2) is 9.84 Å². The summed E-state index contributed by atoms with van der Waals surface area (Å²) < 4.78 is 47.1. The molecular formula is C14H12NO7S2-. The third-order valence-electron chi connectivity index (χ3n) is 3.08. The molecule has 2 aromatic rings. The molecule has 2 N–H and O–H groups in total. The minimum absolute atomic E-state index is 0.0220. The van der Waals surface area contributed by atoms with Crippen molar-refractivity contribution in [3.8, 4) is 5.75 Å². The van der Waals surface area contributed by atoms with E-state index < -0.39 is 32.8 Å². The van der Waals surface area contributed by atoms with E-state index in [0.29, 0.717) is 0 Å². The van der Waals surface area contributed by atoms with Gasteiger partial charge < -0.3 is 14.8 Å². The van der Waals surface area contributed by atoms with Crippen molar-refractivity contribution in [3.05, 3.63) is 48.0 Å². The number of rotatable bonds is 5. The van der Waals surface area contributed by atoms with Crippen molar-refractivity contribution in [2.75, 3.05) is 10.6 Å². The molecule has 0 saturated carbocycles. The normalized spacial score (nSPS) is 12.6. The Morgan fingerprint density at radius 2 is 1.79 bits per heavy atom. The minimum Gasteiger partial charge on any atom is -0.755 e. The number of sulfone groups is 1. The highest BCUT2D eigenvalue weighted by Crippen LogP contribution is 2.32. The van der Waals surface area contributed by atoms with Gasteiger partial charge in [0.2, 0.25) is 0 Å². The number of hydrogen-bond donors (Lipinski definition) is 2. The molecule has 2 rings (SSSR count). The lowest BCUT2D eigenvalue weighted by atomic mass is 10.2. The topological polar surface area (TPSA) is 135 Å². The molecule has 2 aromatic carbocycles. The lowest BCUT2D eigenvalue weighted by molar-refractivity contribution is 0.0693. The van der Waals surface area contributed by atoms with E-state index in [1.165, 1.54) is 24.3 Å². The molecule has 0 amide bonds. The fourth-order valence-electron chi connectivity index (χ4n) is 1.99. The van der Waals surface area contributed by atoms with Crippen LogP contribution in [0.3, 0.4) is 0 Å². The Balaban J connectivity index is 2.58. The first-order valence-corrected chi connectivity index (χ1v) is 9.29. The molecule has 0 aromatic heterocycles. The Labute approximate surface area is 140 Å². The Kier molecular flexibility index (Phi) is 4.92. The van der Waals surface area contributed by atoms with Gasteiger partial charge in [0, 0.05) is 12.3 Å². The smallest absolute Gasteiger partial charge is 0.339 e. The van der Waals surface area contributed by atoms with Gasteiger partial charge in [-0.05, 0) is 30.3 Å². The fourth-order valence-corrected chi connectivity index (χ4v) is 3.22. The molecule has 0 bridgehead atoms. The van der Waals surface area contributed by atoms with Crippen LogP contribution in [0.4, 0.5) is 11.4 Å². The summed E-state index contributed by atoms with van der Waals surface area (Å²) in [5.74, 6) is -1.98. The van der Waals surface area contributed by atoms with E-state index in [0.717, 1.165) is 28.8 Å². The van der Waals surface area contributed by atoms with Crippen LogP contribution < -0.4 is 4.31 Å². The molecule has 24 heavy (non-hydrogen) atoms.